The second-order valence-corrected chi connectivity index (χ2v) is 8.99. The van der Waals surface area contributed by atoms with Crippen molar-refractivity contribution in [3.63, 3.8) is 0 Å². The van der Waals surface area contributed by atoms with Crippen LogP contribution in [-0.4, -0.2) is 54.7 Å². The number of rotatable bonds is 9. The Morgan fingerprint density at radius 2 is 1.63 bits per heavy atom. The predicted octanol–water partition coefficient (Wildman–Crippen LogP) is 5.30. The van der Waals surface area contributed by atoms with Crippen molar-refractivity contribution in [1.29, 1.82) is 0 Å². The van der Waals surface area contributed by atoms with E-state index in [4.69, 9.17) is 26.8 Å². The molecule has 0 aliphatic rings. The molecule has 2 N–H and O–H groups in total. The summed E-state index contributed by atoms with van der Waals surface area (Å²) >= 11 is 6.40. The third-order valence-corrected chi connectivity index (χ3v) is 6.15. The number of carbonyl (C=O) groups is 2. The molecule has 212 valence electrons. The van der Waals surface area contributed by atoms with Crippen molar-refractivity contribution in [3.8, 4) is 5.69 Å². The Balaban J connectivity index is 0.000000507. The molecule has 4 rings (SSSR count). The van der Waals surface area contributed by atoms with E-state index in [2.05, 4.69) is 23.7 Å². The largest absolute Gasteiger partial charge is 0.478 e. The standard InChI is InChI=1S/C26H24ClFN4O.C4H4O4/c1-3-31(4-2)17-20-9-7-8-19(29-20)13-15-25-30-23-14-12-18(28)16-21(23)26(33)32(25)24-11-6-5-10-22(24)27;5-3(6)1-2-4(7)8/h5-16H,3-4,17H2,1-2H3;1-2H,(H,5,6)(H,7,8)/b;2-1-. The topological polar surface area (TPSA) is 126 Å². The number of para-hydroxylation sites is 1. The zero-order valence-corrected chi connectivity index (χ0v) is 23.1. The first-order valence-corrected chi connectivity index (χ1v) is 13.0. The zero-order chi connectivity index (χ0) is 29.9. The molecule has 0 bridgehead atoms. The minimum atomic E-state index is -1.26. The summed E-state index contributed by atoms with van der Waals surface area (Å²) in [7, 11) is 0. The van der Waals surface area contributed by atoms with E-state index < -0.39 is 23.3 Å². The molecule has 0 atom stereocenters. The lowest BCUT2D eigenvalue weighted by molar-refractivity contribution is -0.134. The maximum absolute atomic E-state index is 13.9. The van der Waals surface area contributed by atoms with Gasteiger partial charge < -0.3 is 10.2 Å². The number of hydrogen-bond acceptors (Lipinski definition) is 6. The Bertz CT molecular complexity index is 1650. The van der Waals surface area contributed by atoms with Crippen molar-refractivity contribution in [2.45, 2.75) is 20.4 Å². The van der Waals surface area contributed by atoms with Gasteiger partial charge >= 0.3 is 11.9 Å². The molecule has 2 aromatic heterocycles. The number of carboxylic acid groups (broad SMARTS) is 2. The van der Waals surface area contributed by atoms with Gasteiger partial charge in [-0.2, -0.15) is 0 Å². The van der Waals surface area contributed by atoms with E-state index in [-0.39, 0.29) is 5.39 Å². The Morgan fingerprint density at radius 3 is 2.27 bits per heavy atom. The fourth-order valence-electron chi connectivity index (χ4n) is 3.81. The van der Waals surface area contributed by atoms with Crippen LogP contribution in [0.4, 0.5) is 4.39 Å². The molecular weight excluding hydrogens is 551 g/mol. The van der Waals surface area contributed by atoms with Crippen LogP contribution in [0.15, 0.2) is 77.6 Å². The van der Waals surface area contributed by atoms with Gasteiger partial charge in [-0.05, 0) is 67.7 Å². The highest BCUT2D eigenvalue weighted by atomic mass is 35.5. The highest BCUT2D eigenvalue weighted by molar-refractivity contribution is 6.32. The number of carboxylic acids is 2. The van der Waals surface area contributed by atoms with Crippen molar-refractivity contribution < 1.29 is 24.2 Å². The van der Waals surface area contributed by atoms with Gasteiger partial charge in [-0.3, -0.25) is 19.2 Å². The Kier molecular flexibility index (Phi) is 11.0. The lowest BCUT2D eigenvalue weighted by Crippen LogP contribution is -2.23. The Labute approximate surface area is 240 Å². The molecule has 0 aliphatic carbocycles. The third-order valence-electron chi connectivity index (χ3n) is 5.83. The van der Waals surface area contributed by atoms with Gasteiger partial charge in [0.05, 0.1) is 33.0 Å². The molecule has 0 saturated carbocycles. The first kappa shape index (κ1) is 30.9. The van der Waals surface area contributed by atoms with Crippen LogP contribution < -0.4 is 5.56 Å². The van der Waals surface area contributed by atoms with E-state index >= 15 is 0 Å². The fraction of sp³-hybridized carbons (Fsp3) is 0.167. The molecule has 4 aromatic rings. The minimum absolute atomic E-state index is 0.186. The van der Waals surface area contributed by atoms with Crippen molar-refractivity contribution >= 4 is 46.6 Å². The molecule has 11 heteroatoms. The third kappa shape index (κ3) is 8.66. The van der Waals surface area contributed by atoms with Crippen LogP contribution >= 0.6 is 11.6 Å². The summed E-state index contributed by atoms with van der Waals surface area (Å²) in [4.78, 5) is 44.1. The average Bonchev–Trinajstić information content (AvgIpc) is 2.95. The van der Waals surface area contributed by atoms with E-state index in [9.17, 15) is 18.8 Å². The first-order chi connectivity index (χ1) is 19.6. The fourth-order valence-corrected chi connectivity index (χ4v) is 4.03. The van der Waals surface area contributed by atoms with Crippen LogP contribution in [0.2, 0.25) is 5.02 Å². The van der Waals surface area contributed by atoms with Gasteiger partial charge in [0.2, 0.25) is 0 Å². The number of nitrogens with zero attached hydrogens (tertiary/aromatic N) is 4. The van der Waals surface area contributed by atoms with E-state index in [0.717, 1.165) is 31.0 Å². The SMILES string of the molecule is CCN(CC)Cc1cccc(C=Cc2nc3ccc(F)cc3c(=O)n2-c2ccccc2Cl)n1.O=C(O)/C=C\C(=O)O. The molecule has 0 amide bonds. The smallest absolute Gasteiger partial charge is 0.328 e. The number of fused-ring (bicyclic) bond motifs is 1. The molecule has 0 radical (unpaired) electrons. The van der Waals surface area contributed by atoms with Crippen LogP contribution in [-0.2, 0) is 16.1 Å². The van der Waals surface area contributed by atoms with E-state index in [1.807, 2.05) is 24.3 Å². The van der Waals surface area contributed by atoms with Crippen LogP contribution in [0.3, 0.4) is 0 Å². The minimum Gasteiger partial charge on any atom is -0.478 e. The monoisotopic (exact) mass is 578 g/mol. The number of aliphatic carboxylic acids is 2. The number of halogens is 2. The van der Waals surface area contributed by atoms with Gasteiger partial charge in [0.15, 0.2) is 0 Å². The summed E-state index contributed by atoms with van der Waals surface area (Å²) in [5.41, 5.74) is 2.21. The van der Waals surface area contributed by atoms with E-state index in [1.165, 1.54) is 22.8 Å². The maximum atomic E-state index is 13.9. The van der Waals surface area contributed by atoms with Gasteiger partial charge in [0.25, 0.3) is 5.56 Å². The normalized spacial score (nSPS) is 11.2. The van der Waals surface area contributed by atoms with Gasteiger partial charge in [0.1, 0.15) is 11.6 Å². The number of benzene rings is 2. The summed E-state index contributed by atoms with van der Waals surface area (Å²) in [6, 6.07) is 16.9. The molecular formula is C30H28ClFN4O5. The Morgan fingerprint density at radius 1 is 0.951 bits per heavy atom. The van der Waals surface area contributed by atoms with Crippen LogP contribution in [0, 0.1) is 5.82 Å². The molecule has 2 heterocycles. The average molecular weight is 579 g/mol. The van der Waals surface area contributed by atoms with Crippen LogP contribution in [0.1, 0.15) is 31.1 Å². The van der Waals surface area contributed by atoms with Crippen LogP contribution in [0.25, 0.3) is 28.7 Å². The molecule has 0 saturated heterocycles. The number of aromatic nitrogens is 3. The summed E-state index contributed by atoms with van der Waals surface area (Å²) in [6.45, 7) is 6.91. The van der Waals surface area contributed by atoms with Crippen molar-refractivity contribution in [2.75, 3.05) is 13.1 Å². The summed E-state index contributed by atoms with van der Waals surface area (Å²) in [6.07, 6.45) is 4.66. The van der Waals surface area contributed by atoms with E-state index in [1.54, 1.807) is 30.3 Å². The van der Waals surface area contributed by atoms with Gasteiger partial charge in [-0.1, -0.05) is 43.6 Å². The molecule has 0 unspecified atom stereocenters. The van der Waals surface area contributed by atoms with Gasteiger partial charge in [-0.25, -0.2) is 19.0 Å². The quantitative estimate of drug-likeness (QED) is 0.256. The molecule has 2 aromatic carbocycles. The lowest BCUT2D eigenvalue weighted by atomic mass is 10.2. The summed E-state index contributed by atoms with van der Waals surface area (Å²) in [5, 5.41) is 16.2. The van der Waals surface area contributed by atoms with Crippen molar-refractivity contribution in [2.24, 2.45) is 0 Å². The molecule has 0 spiro atoms. The maximum Gasteiger partial charge on any atom is 0.328 e. The molecule has 0 fully saturated rings. The van der Waals surface area contributed by atoms with Crippen molar-refractivity contribution in [1.82, 2.24) is 19.4 Å². The highest BCUT2D eigenvalue weighted by Crippen LogP contribution is 2.22. The summed E-state index contributed by atoms with van der Waals surface area (Å²) < 4.78 is 15.3. The lowest BCUT2D eigenvalue weighted by Gasteiger charge is -2.17. The molecule has 0 aliphatic heterocycles. The van der Waals surface area contributed by atoms with E-state index in [0.29, 0.717) is 34.2 Å². The number of pyridine rings is 1. The zero-order valence-electron chi connectivity index (χ0n) is 22.4. The first-order valence-electron chi connectivity index (χ1n) is 12.6. The second kappa shape index (κ2) is 14.6. The second-order valence-electron chi connectivity index (χ2n) is 8.58. The number of hydrogen-bond donors (Lipinski definition) is 2. The van der Waals surface area contributed by atoms with Crippen LogP contribution in [0.5, 0.6) is 0 Å². The molecule has 41 heavy (non-hydrogen) atoms. The van der Waals surface area contributed by atoms with Gasteiger partial charge in [-0.15, -0.1) is 0 Å². The Hall–Kier alpha value is -4.67. The summed E-state index contributed by atoms with van der Waals surface area (Å²) in [5.74, 6) is -2.63. The predicted molar refractivity (Wildman–Crippen MR) is 157 cm³/mol. The van der Waals surface area contributed by atoms with Gasteiger partial charge in [0, 0.05) is 18.7 Å². The molecule has 9 nitrogen and oxygen atoms in total. The van der Waals surface area contributed by atoms with Crippen molar-refractivity contribution in [3.05, 3.63) is 111 Å². The highest BCUT2D eigenvalue weighted by Gasteiger charge is 2.14.